The summed E-state index contributed by atoms with van der Waals surface area (Å²) in [4.78, 5) is 18.5. The Bertz CT molecular complexity index is 978. The van der Waals surface area contributed by atoms with Gasteiger partial charge in [0.1, 0.15) is 12.6 Å². The minimum Gasteiger partial charge on any atom is -0.361 e. The van der Waals surface area contributed by atoms with Crippen LogP contribution in [0.2, 0.25) is 0 Å². The number of nitrogens with one attached hydrogen (secondary N) is 1. The number of fused-ring (bicyclic) bond motifs is 2. The second-order valence-electron chi connectivity index (χ2n) is 5.18. The summed E-state index contributed by atoms with van der Waals surface area (Å²) in [6, 6.07) is 11.8. The second kappa shape index (κ2) is 4.31. The van der Waals surface area contributed by atoms with Crippen LogP contribution in [0.1, 0.15) is 15.9 Å². The molecule has 0 aliphatic carbocycles. The largest absolute Gasteiger partial charge is 0.361 e. The number of aldehydes is 1. The van der Waals surface area contributed by atoms with E-state index < -0.39 is 0 Å². The molecular formula is C17H13N3O. The molecule has 102 valence electrons. The van der Waals surface area contributed by atoms with E-state index in [2.05, 4.69) is 35.1 Å². The van der Waals surface area contributed by atoms with Gasteiger partial charge >= 0.3 is 0 Å². The van der Waals surface area contributed by atoms with Gasteiger partial charge in [0.05, 0.1) is 11.0 Å². The standard InChI is InChI=1S/C17H13N3O/c1-11-8-18-15-4-3-13(7-14(11)15)20-10-19-16-6-12(9-21)2-5-17(16)20/h2-10,18H,1H3. The number of H-pyrrole nitrogens is 1. The summed E-state index contributed by atoms with van der Waals surface area (Å²) in [7, 11) is 0. The fraction of sp³-hybridized carbons (Fsp3) is 0.0588. The van der Waals surface area contributed by atoms with Gasteiger partial charge in [0.25, 0.3) is 0 Å². The van der Waals surface area contributed by atoms with Crippen molar-refractivity contribution in [1.29, 1.82) is 0 Å². The summed E-state index contributed by atoms with van der Waals surface area (Å²) in [6.07, 6.45) is 4.65. The summed E-state index contributed by atoms with van der Waals surface area (Å²) in [6.45, 7) is 2.09. The fourth-order valence-corrected chi connectivity index (χ4v) is 2.71. The van der Waals surface area contributed by atoms with Crippen LogP contribution in [-0.2, 0) is 0 Å². The van der Waals surface area contributed by atoms with Crippen LogP contribution in [0.4, 0.5) is 0 Å². The van der Waals surface area contributed by atoms with Gasteiger partial charge in [0, 0.05) is 28.4 Å². The molecule has 0 aliphatic rings. The number of carbonyl (C=O) groups excluding carboxylic acids is 1. The number of rotatable bonds is 2. The number of aromatic nitrogens is 3. The smallest absolute Gasteiger partial charge is 0.150 e. The van der Waals surface area contributed by atoms with Gasteiger partial charge in [-0.05, 0) is 48.9 Å². The van der Waals surface area contributed by atoms with Crippen LogP contribution in [-0.4, -0.2) is 20.8 Å². The molecule has 0 fully saturated rings. The Kier molecular flexibility index (Phi) is 2.44. The fourth-order valence-electron chi connectivity index (χ4n) is 2.71. The molecular weight excluding hydrogens is 262 g/mol. The van der Waals surface area contributed by atoms with E-state index in [0.29, 0.717) is 5.56 Å². The monoisotopic (exact) mass is 275 g/mol. The molecule has 0 saturated carbocycles. The molecule has 0 amide bonds. The lowest BCUT2D eigenvalue weighted by Gasteiger charge is -2.05. The van der Waals surface area contributed by atoms with Gasteiger partial charge in [-0.25, -0.2) is 4.98 Å². The molecule has 21 heavy (non-hydrogen) atoms. The highest BCUT2D eigenvalue weighted by molar-refractivity contribution is 5.88. The van der Waals surface area contributed by atoms with E-state index in [0.717, 1.165) is 28.5 Å². The SMILES string of the molecule is Cc1c[nH]c2ccc(-n3cnc4cc(C=O)ccc43)cc12. The zero-order valence-corrected chi connectivity index (χ0v) is 11.5. The number of aromatic amines is 1. The molecule has 4 nitrogen and oxygen atoms in total. The summed E-state index contributed by atoms with van der Waals surface area (Å²) < 4.78 is 2.04. The van der Waals surface area contributed by atoms with Crippen molar-refractivity contribution in [3.05, 3.63) is 60.0 Å². The predicted molar refractivity (Wildman–Crippen MR) is 83.1 cm³/mol. The lowest BCUT2D eigenvalue weighted by atomic mass is 10.1. The molecule has 0 atom stereocenters. The lowest BCUT2D eigenvalue weighted by Crippen LogP contribution is -1.92. The average Bonchev–Trinajstić information content (AvgIpc) is 3.10. The summed E-state index contributed by atoms with van der Waals surface area (Å²) >= 11 is 0. The summed E-state index contributed by atoms with van der Waals surface area (Å²) in [5, 5.41) is 1.21. The number of benzene rings is 2. The van der Waals surface area contributed by atoms with Crippen molar-refractivity contribution in [3.63, 3.8) is 0 Å². The van der Waals surface area contributed by atoms with Crippen molar-refractivity contribution in [3.8, 4) is 5.69 Å². The Morgan fingerprint density at radius 3 is 2.95 bits per heavy atom. The van der Waals surface area contributed by atoms with E-state index in [4.69, 9.17) is 0 Å². The van der Waals surface area contributed by atoms with E-state index in [-0.39, 0.29) is 0 Å². The maximum Gasteiger partial charge on any atom is 0.150 e. The van der Waals surface area contributed by atoms with E-state index in [9.17, 15) is 4.79 Å². The van der Waals surface area contributed by atoms with Crippen LogP contribution in [0, 0.1) is 6.92 Å². The van der Waals surface area contributed by atoms with Gasteiger partial charge in [0.2, 0.25) is 0 Å². The van der Waals surface area contributed by atoms with Crippen LogP contribution in [0.3, 0.4) is 0 Å². The summed E-state index contributed by atoms with van der Waals surface area (Å²) in [5.41, 5.74) is 5.87. The van der Waals surface area contributed by atoms with Gasteiger partial charge in [-0.2, -0.15) is 0 Å². The molecule has 2 heterocycles. The van der Waals surface area contributed by atoms with Crippen LogP contribution in [0.15, 0.2) is 48.9 Å². The Morgan fingerprint density at radius 1 is 1.19 bits per heavy atom. The van der Waals surface area contributed by atoms with Crippen LogP contribution < -0.4 is 0 Å². The minimum atomic E-state index is 0.643. The highest BCUT2D eigenvalue weighted by Gasteiger charge is 2.07. The van der Waals surface area contributed by atoms with Crippen molar-refractivity contribution < 1.29 is 4.79 Å². The summed E-state index contributed by atoms with van der Waals surface area (Å²) in [5.74, 6) is 0. The molecule has 0 saturated heterocycles. The molecule has 4 heteroatoms. The van der Waals surface area contributed by atoms with Crippen LogP contribution in [0.25, 0.3) is 27.6 Å². The first-order chi connectivity index (χ1) is 10.3. The number of hydrogen-bond donors (Lipinski definition) is 1. The maximum atomic E-state index is 10.8. The van der Waals surface area contributed by atoms with Crippen molar-refractivity contribution in [1.82, 2.24) is 14.5 Å². The molecule has 4 rings (SSSR count). The second-order valence-corrected chi connectivity index (χ2v) is 5.18. The third-order valence-electron chi connectivity index (χ3n) is 3.86. The molecule has 0 aliphatic heterocycles. The molecule has 0 unspecified atom stereocenters. The molecule has 0 bridgehead atoms. The van der Waals surface area contributed by atoms with Gasteiger partial charge in [0.15, 0.2) is 0 Å². The van der Waals surface area contributed by atoms with Crippen LogP contribution in [0.5, 0.6) is 0 Å². The molecule has 2 aromatic carbocycles. The van der Waals surface area contributed by atoms with Crippen molar-refractivity contribution in [2.45, 2.75) is 6.92 Å². The first-order valence-corrected chi connectivity index (χ1v) is 6.77. The molecule has 4 aromatic rings. The number of imidazole rings is 1. The highest BCUT2D eigenvalue weighted by atomic mass is 16.1. The predicted octanol–water partition coefficient (Wildman–Crippen LogP) is 3.63. The van der Waals surface area contributed by atoms with Crippen molar-refractivity contribution in [2.75, 3.05) is 0 Å². The molecule has 0 spiro atoms. The lowest BCUT2D eigenvalue weighted by molar-refractivity contribution is 0.112. The van der Waals surface area contributed by atoms with Gasteiger partial charge in [-0.15, -0.1) is 0 Å². The highest BCUT2D eigenvalue weighted by Crippen LogP contribution is 2.24. The van der Waals surface area contributed by atoms with Crippen LogP contribution >= 0.6 is 0 Å². The van der Waals surface area contributed by atoms with Gasteiger partial charge < -0.3 is 4.98 Å². The van der Waals surface area contributed by atoms with E-state index in [1.54, 1.807) is 12.4 Å². The number of nitrogens with zero attached hydrogens (tertiary/aromatic N) is 2. The molecule has 2 aromatic heterocycles. The zero-order chi connectivity index (χ0) is 14.4. The zero-order valence-electron chi connectivity index (χ0n) is 11.5. The Labute approximate surface area is 121 Å². The van der Waals surface area contributed by atoms with Gasteiger partial charge in [-0.3, -0.25) is 9.36 Å². The minimum absolute atomic E-state index is 0.643. The number of hydrogen-bond acceptors (Lipinski definition) is 2. The van der Waals surface area contributed by atoms with Crippen molar-refractivity contribution >= 4 is 28.2 Å². The number of aryl methyl sites for hydroxylation is 1. The first-order valence-electron chi connectivity index (χ1n) is 6.77. The quantitative estimate of drug-likeness (QED) is 0.568. The third-order valence-corrected chi connectivity index (χ3v) is 3.86. The Morgan fingerprint density at radius 2 is 2.10 bits per heavy atom. The average molecular weight is 275 g/mol. The topological polar surface area (TPSA) is 50.7 Å². The Hall–Kier alpha value is -2.88. The Balaban J connectivity index is 1.95. The van der Waals surface area contributed by atoms with E-state index >= 15 is 0 Å². The molecule has 1 N–H and O–H groups in total. The maximum absolute atomic E-state index is 10.8. The third kappa shape index (κ3) is 1.76. The normalized spacial score (nSPS) is 11.3. The van der Waals surface area contributed by atoms with E-state index in [1.165, 1.54) is 10.9 Å². The van der Waals surface area contributed by atoms with E-state index in [1.807, 2.05) is 22.9 Å². The first kappa shape index (κ1) is 11.9. The molecule has 0 radical (unpaired) electrons. The van der Waals surface area contributed by atoms with Gasteiger partial charge in [-0.1, -0.05) is 0 Å². The number of carbonyl (C=O) groups is 1. The van der Waals surface area contributed by atoms with Crippen molar-refractivity contribution in [2.24, 2.45) is 0 Å².